The summed E-state index contributed by atoms with van der Waals surface area (Å²) in [6.07, 6.45) is 0. The first-order valence-corrected chi connectivity index (χ1v) is 5.05. The molecule has 2 aromatic carbocycles. The highest BCUT2D eigenvalue weighted by molar-refractivity contribution is 7.99. The van der Waals surface area contributed by atoms with Crippen LogP contribution in [0.2, 0.25) is 0 Å². The van der Waals surface area contributed by atoms with Crippen molar-refractivity contribution in [3.63, 3.8) is 0 Å². The highest BCUT2D eigenvalue weighted by Crippen LogP contribution is 2.26. The van der Waals surface area contributed by atoms with Crippen LogP contribution in [0.3, 0.4) is 0 Å². The van der Waals surface area contributed by atoms with Gasteiger partial charge in [-0.3, -0.25) is 0 Å². The summed E-state index contributed by atoms with van der Waals surface area (Å²) in [6, 6.07) is 20.8. The second kappa shape index (κ2) is 16.6. The molecule has 0 heterocycles. The average Bonchev–Trinajstić information content (AvgIpc) is 2.21. The molecule has 2 aromatic rings. The van der Waals surface area contributed by atoms with Crippen LogP contribution in [0.5, 0.6) is 0 Å². The minimum Gasteiger partial charge on any atom is -0.412 e. The molecule has 0 atom stereocenters. The number of hydrogen-bond acceptors (Lipinski definition) is 1. The van der Waals surface area contributed by atoms with Gasteiger partial charge < -0.3 is 32.9 Å². The van der Waals surface area contributed by atoms with Crippen LogP contribution in [-0.4, -0.2) is 32.9 Å². The van der Waals surface area contributed by atoms with Gasteiger partial charge in [-0.1, -0.05) is 48.2 Å². The van der Waals surface area contributed by atoms with Crippen LogP contribution < -0.4 is 0 Å². The minimum atomic E-state index is 0. The lowest BCUT2D eigenvalue weighted by Crippen LogP contribution is -1.70. The monoisotopic (exact) mass is 294 g/mol. The molecule has 2 rings (SSSR count). The van der Waals surface area contributed by atoms with Crippen LogP contribution >= 0.6 is 11.8 Å². The Morgan fingerprint density at radius 1 is 0.421 bits per heavy atom. The van der Waals surface area contributed by atoms with Crippen molar-refractivity contribution in [1.29, 1.82) is 0 Å². The van der Waals surface area contributed by atoms with Crippen LogP contribution in [0.4, 0.5) is 0 Å². The van der Waals surface area contributed by atoms with E-state index in [9.17, 15) is 0 Å². The normalized spacial score (nSPS) is 6.74. The number of benzene rings is 2. The molecule has 0 saturated heterocycles. The molecule has 19 heavy (non-hydrogen) atoms. The molecule has 0 radical (unpaired) electrons. The Bertz CT molecular complexity index is 333. The summed E-state index contributed by atoms with van der Waals surface area (Å²) in [6.45, 7) is 0. The number of hydrogen-bond donors (Lipinski definition) is 0. The Balaban J connectivity index is -0.000000109. The van der Waals surface area contributed by atoms with Gasteiger partial charge in [0.1, 0.15) is 0 Å². The summed E-state index contributed by atoms with van der Waals surface area (Å²) >= 11 is 1.79. The van der Waals surface area contributed by atoms with Gasteiger partial charge >= 0.3 is 0 Å². The molecule has 0 amide bonds. The lowest BCUT2D eigenvalue weighted by atomic mass is 10.4. The summed E-state index contributed by atoms with van der Waals surface area (Å²) in [5, 5.41) is 0. The van der Waals surface area contributed by atoms with Crippen LogP contribution in [-0.2, 0) is 0 Å². The summed E-state index contributed by atoms with van der Waals surface area (Å²) in [5.41, 5.74) is 0. The fraction of sp³-hybridized carbons (Fsp3) is 0. The maximum atomic E-state index is 2.12. The zero-order valence-corrected chi connectivity index (χ0v) is 11.0. The Hall–Kier alpha value is -1.45. The van der Waals surface area contributed by atoms with Gasteiger partial charge in [-0.25, -0.2) is 0 Å². The van der Waals surface area contributed by atoms with E-state index in [-0.39, 0.29) is 32.9 Å². The highest BCUT2D eigenvalue weighted by atomic mass is 32.2. The first-order valence-electron chi connectivity index (χ1n) is 4.23. The Kier molecular flexibility index (Phi) is 26.6. The van der Waals surface area contributed by atoms with Crippen molar-refractivity contribution in [2.75, 3.05) is 0 Å². The van der Waals surface area contributed by atoms with Gasteiger partial charge in [0.15, 0.2) is 0 Å². The van der Waals surface area contributed by atoms with Crippen molar-refractivity contribution in [2.24, 2.45) is 0 Å². The molecule has 0 aliphatic heterocycles. The van der Waals surface area contributed by atoms with E-state index in [1.54, 1.807) is 11.8 Å². The van der Waals surface area contributed by atoms with Crippen molar-refractivity contribution >= 4 is 11.8 Å². The number of rotatable bonds is 2. The molecule has 0 aliphatic rings. The quantitative estimate of drug-likeness (QED) is 0.667. The fourth-order valence-corrected chi connectivity index (χ4v) is 1.97. The zero-order valence-electron chi connectivity index (χ0n) is 10.2. The van der Waals surface area contributed by atoms with Gasteiger partial charge in [-0.2, -0.15) is 0 Å². The van der Waals surface area contributed by atoms with Crippen molar-refractivity contribution in [3.05, 3.63) is 60.7 Å². The maximum Gasteiger partial charge on any atom is 0.0122 e. The molecular formula is C12H22O6S. The van der Waals surface area contributed by atoms with E-state index in [0.29, 0.717) is 0 Å². The van der Waals surface area contributed by atoms with E-state index in [0.717, 1.165) is 0 Å². The molecule has 6 nitrogen and oxygen atoms in total. The average molecular weight is 294 g/mol. The standard InChI is InChI=1S/C12H10S.6H2O/c1-3-7-11(8-4-1)13-12-9-5-2-6-10-12;;;;;;/h1-10H;6*1H2. The van der Waals surface area contributed by atoms with Gasteiger partial charge in [0.05, 0.1) is 0 Å². The zero-order chi connectivity index (χ0) is 8.93. The summed E-state index contributed by atoms with van der Waals surface area (Å²) in [5.74, 6) is 0. The van der Waals surface area contributed by atoms with Gasteiger partial charge in [0, 0.05) is 9.79 Å². The van der Waals surface area contributed by atoms with Gasteiger partial charge in [0.2, 0.25) is 0 Å². The van der Waals surface area contributed by atoms with Gasteiger partial charge in [-0.05, 0) is 24.3 Å². The third-order valence-corrected chi connectivity index (χ3v) is 2.74. The molecular weight excluding hydrogens is 272 g/mol. The summed E-state index contributed by atoms with van der Waals surface area (Å²) in [7, 11) is 0. The predicted molar refractivity (Wildman–Crippen MR) is 78.7 cm³/mol. The van der Waals surface area contributed by atoms with Gasteiger partial charge in [-0.15, -0.1) is 0 Å². The first-order chi connectivity index (χ1) is 6.45. The Morgan fingerprint density at radius 3 is 0.947 bits per heavy atom. The third kappa shape index (κ3) is 10.2. The van der Waals surface area contributed by atoms with Crippen molar-refractivity contribution in [3.8, 4) is 0 Å². The van der Waals surface area contributed by atoms with Crippen LogP contribution in [0, 0.1) is 0 Å². The lowest BCUT2D eigenvalue weighted by molar-refractivity contribution is 0.823. The second-order valence-corrected chi connectivity index (χ2v) is 3.88. The molecule has 0 unspecified atom stereocenters. The van der Waals surface area contributed by atoms with E-state index in [2.05, 4.69) is 48.5 Å². The first kappa shape index (κ1) is 30.5. The molecule has 7 heteroatoms. The molecule has 0 fully saturated rings. The van der Waals surface area contributed by atoms with Crippen LogP contribution in [0.1, 0.15) is 0 Å². The Morgan fingerprint density at radius 2 is 0.684 bits per heavy atom. The predicted octanol–water partition coefficient (Wildman–Crippen LogP) is -1.11. The fourth-order valence-electron chi connectivity index (χ4n) is 1.11. The summed E-state index contributed by atoms with van der Waals surface area (Å²) in [4.78, 5) is 2.57. The molecule has 0 saturated carbocycles. The second-order valence-electron chi connectivity index (χ2n) is 2.73. The molecule has 112 valence electrons. The van der Waals surface area contributed by atoms with Crippen LogP contribution in [0.25, 0.3) is 0 Å². The minimum absolute atomic E-state index is 0. The molecule has 0 aromatic heterocycles. The largest absolute Gasteiger partial charge is 0.412 e. The highest BCUT2D eigenvalue weighted by Gasteiger charge is 1.93. The third-order valence-electron chi connectivity index (χ3n) is 1.72. The van der Waals surface area contributed by atoms with E-state index < -0.39 is 0 Å². The molecule has 0 aliphatic carbocycles. The van der Waals surface area contributed by atoms with Crippen LogP contribution in [0.15, 0.2) is 70.5 Å². The molecule has 0 bridgehead atoms. The van der Waals surface area contributed by atoms with Gasteiger partial charge in [0.25, 0.3) is 0 Å². The van der Waals surface area contributed by atoms with E-state index in [1.807, 2.05) is 12.1 Å². The lowest BCUT2D eigenvalue weighted by Gasteiger charge is -1.99. The topological polar surface area (TPSA) is 189 Å². The molecule has 12 N–H and O–H groups in total. The van der Waals surface area contributed by atoms with Crippen molar-refractivity contribution < 1.29 is 32.9 Å². The SMILES string of the molecule is O.O.O.O.O.O.c1ccc(Sc2ccccc2)cc1. The smallest absolute Gasteiger partial charge is 0.0122 e. The van der Waals surface area contributed by atoms with Crippen molar-refractivity contribution in [2.45, 2.75) is 9.79 Å². The van der Waals surface area contributed by atoms with E-state index in [4.69, 9.17) is 0 Å². The summed E-state index contributed by atoms with van der Waals surface area (Å²) < 4.78 is 0. The molecule has 0 spiro atoms. The van der Waals surface area contributed by atoms with Crippen molar-refractivity contribution in [1.82, 2.24) is 0 Å². The van der Waals surface area contributed by atoms with E-state index >= 15 is 0 Å². The Labute approximate surface area is 115 Å². The maximum absolute atomic E-state index is 2.12. The van der Waals surface area contributed by atoms with E-state index in [1.165, 1.54) is 9.79 Å².